The van der Waals surface area contributed by atoms with Crippen molar-refractivity contribution in [3.63, 3.8) is 0 Å². The third-order valence-corrected chi connectivity index (χ3v) is 4.98. The summed E-state index contributed by atoms with van der Waals surface area (Å²) in [5, 5.41) is -0.266. The van der Waals surface area contributed by atoms with Gasteiger partial charge in [0.15, 0.2) is 0 Å². The number of aromatic nitrogens is 1. The minimum absolute atomic E-state index is 0.0541. The molecule has 2 heterocycles. The number of hydrogen-bond acceptors (Lipinski definition) is 5. The number of methoxy groups -OCH3 is 1. The van der Waals surface area contributed by atoms with E-state index in [1.54, 1.807) is 17.2 Å². The number of thioether (sulfide) groups is 1. The summed E-state index contributed by atoms with van der Waals surface area (Å²) in [6.07, 6.45) is -3.13. The number of pyridine rings is 1. The van der Waals surface area contributed by atoms with Crippen molar-refractivity contribution in [1.29, 1.82) is 0 Å². The normalized spacial score (nSPS) is 17.5. The van der Waals surface area contributed by atoms with Gasteiger partial charge in [0, 0.05) is 18.3 Å². The predicted molar refractivity (Wildman–Crippen MR) is 89.7 cm³/mol. The maximum atomic E-state index is 12.3. The molecule has 0 radical (unpaired) electrons. The Kier molecular flexibility index (Phi) is 5.26. The van der Waals surface area contributed by atoms with Crippen molar-refractivity contribution in [2.24, 2.45) is 0 Å². The van der Waals surface area contributed by atoms with Crippen LogP contribution in [0.5, 0.6) is 11.6 Å². The van der Waals surface area contributed by atoms with Gasteiger partial charge in [-0.2, -0.15) is 0 Å². The summed E-state index contributed by atoms with van der Waals surface area (Å²) in [6, 6.07) is 9.09. The first-order chi connectivity index (χ1) is 12.4. The summed E-state index contributed by atoms with van der Waals surface area (Å²) >= 11 is 1.45. The van der Waals surface area contributed by atoms with Crippen LogP contribution < -0.4 is 9.47 Å². The summed E-state index contributed by atoms with van der Waals surface area (Å²) in [5.41, 5.74) is 1.48. The summed E-state index contributed by atoms with van der Waals surface area (Å²) in [5.74, 6) is 0.409. The summed E-state index contributed by atoms with van der Waals surface area (Å²) in [7, 11) is 1.51. The number of carbonyl (C=O) groups is 1. The Morgan fingerprint density at radius 3 is 2.65 bits per heavy atom. The lowest BCUT2D eigenvalue weighted by molar-refractivity contribution is -0.274. The van der Waals surface area contributed by atoms with Gasteiger partial charge >= 0.3 is 6.36 Å². The first-order valence-electron chi connectivity index (χ1n) is 7.62. The van der Waals surface area contributed by atoms with Gasteiger partial charge in [0.2, 0.25) is 11.8 Å². The van der Waals surface area contributed by atoms with Gasteiger partial charge in [0.25, 0.3) is 0 Å². The predicted octanol–water partition coefficient (Wildman–Crippen LogP) is 3.76. The fourth-order valence-electron chi connectivity index (χ4n) is 2.64. The van der Waals surface area contributed by atoms with E-state index in [1.165, 1.54) is 43.1 Å². The van der Waals surface area contributed by atoms with E-state index in [2.05, 4.69) is 9.72 Å². The largest absolute Gasteiger partial charge is 0.573 e. The third-order valence-electron chi connectivity index (χ3n) is 3.74. The number of alkyl halides is 3. The van der Waals surface area contributed by atoms with E-state index >= 15 is 0 Å². The molecule has 3 rings (SSSR count). The summed E-state index contributed by atoms with van der Waals surface area (Å²) in [6.45, 7) is 0.265. The average Bonchev–Trinajstić information content (AvgIpc) is 2.96. The molecule has 2 aromatic rings. The molecule has 1 fully saturated rings. The molecule has 9 heteroatoms. The minimum atomic E-state index is -4.73. The molecule has 138 valence electrons. The highest BCUT2D eigenvalue weighted by Crippen LogP contribution is 2.42. The van der Waals surface area contributed by atoms with Crippen LogP contribution in [-0.4, -0.2) is 35.0 Å². The van der Waals surface area contributed by atoms with Crippen LogP contribution >= 0.6 is 11.8 Å². The molecule has 1 atom stereocenters. The van der Waals surface area contributed by atoms with E-state index in [0.29, 0.717) is 17.2 Å². The second-order valence-electron chi connectivity index (χ2n) is 5.48. The molecule has 1 aromatic carbocycles. The Labute approximate surface area is 152 Å². The Bertz CT molecular complexity index is 784. The minimum Gasteiger partial charge on any atom is -0.481 e. The van der Waals surface area contributed by atoms with E-state index in [1.807, 2.05) is 6.07 Å². The number of halogens is 3. The smallest absolute Gasteiger partial charge is 0.481 e. The van der Waals surface area contributed by atoms with Crippen LogP contribution in [0.25, 0.3) is 0 Å². The highest BCUT2D eigenvalue weighted by atomic mass is 32.2. The van der Waals surface area contributed by atoms with Crippen molar-refractivity contribution in [3.05, 3.63) is 53.7 Å². The third kappa shape index (κ3) is 4.21. The molecule has 0 aliphatic carbocycles. The average molecular weight is 384 g/mol. The molecule has 1 aromatic heterocycles. The first kappa shape index (κ1) is 18.4. The molecule has 0 N–H and O–H groups in total. The number of amides is 1. The van der Waals surface area contributed by atoms with Gasteiger partial charge in [-0.1, -0.05) is 12.1 Å². The zero-order valence-electron chi connectivity index (χ0n) is 13.7. The van der Waals surface area contributed by atoms with Crippen molar-refractivity contribution < 1.29 is 27.4 Å². The number of benzene rings is 1. The number of nitrogens with zero attached hydrogens (tertiary/aromatic N) is 2. The maximum absolute atomic E-state index is 12.3. The van der Waals surface area contributed by atoms with Gasteiger partial charge in [-0.05, 0) is 29.8 Å². The molecule has 0 saturated carbocycles. The SMILES string of the molecule is COc1ncccc1C1SCC(=O)N1Cc1ccc(OC(F)(F)F)cc1. The Morgan fingerprint density at radius 2 is 2.00 bits per heavy atom. The van der Waals surface area contributed by atoms with Crippen molar-refractivity contribution in [2.75, 3.05) is 12.9 Å². The fraction of sp³-hybridized carbons (Fsp3) is 0.294. The second-order valence-corrected chi connectivity index (χ2v) is 6.55. The lowest BCUT2D eigenvalue weighted by Crippen LogP contribution is -2.28. The zero-order chi connectivity index (χ0) is 18.7. The highest BCUT2D eigenvalue weighted by Gasteiger charge is 2.35. The molecule has 0 bridgehead atoms. The van der Waals surface area contributed by atoms with Crippen LogP contribution in [0.2, 0.25) is 0 Å². The van der Waals surface area contributed by atoms with E-state index < -0.39 is 6.36 Å². The van der Waals surface area contributed by atoms with E-state index in [-0.39, 0.29) is 23.6 Å². The lowest BCUT2D eigenvalue weighted by atomic mass is 10.1. The zero-order valence-corrected chi connectivity index (χ0v) is 14.5. The van der Waals surface area contributed by atoms with Gasteiger partial charge in [0.05, 0.1) is 12.9 Å². The van der Waals surface area contributed by atoms with E-state index in [4.69, 9.17) is 4.74 Å². The first-order valence-corrected chi connectivity index (χ1v) is 8.67. The van der Waals surface area contributed by atoms with Crippen LogP contribution in [0.3, 0.4) is 0 Å². The van der Waals surface area contributed by atoms with Crippen LogP contribution in [0, 0.1) is 0 Å². The van der Waals surface area contributed by atoms with Gasteiger partial charge < -0.3 is 14.4 Å². The molecule has 1 aliphatic heterocycles. The van der Waals surface area contributed by atoms with E-state index in [9.17, 15) is 18.0 Å². The Morgan fingerprint density at radius 1 is 1.27 bits per heavy atom. The molecule has 1 unspecified atom stereocenters. The topological polar surface area (TPSA) is 51.7 Å². The van der Waals surface area contributed by atoms with Gasteiger partial charge in [-0.3, -0.25) is 4.79 Å². The van der Waals surface area contributed by atoms with E-state index in [0.717, 1.165) is 5.56 Å². The quantitative estimate of drug-likeness (QED) is 0.786. The highest BCUT2D eigenvalue weighted by molar-refractivity contribution is 8.00. The molecule has 1 aliphatic rings. The number of hydrogen-bond donors (Lipinski definition) is 0. The Hall–Kier alpha value is -2.42. The molecular weight excluding hydrogens is 369 g/mol. The van der Waals surface area contributed by atoms with Crippen molar-refractivity contribution in [1.82, 2.24) is 9.88 Å². The van der Waals surface area contributed by atoms with Crippen LogP contribution in [-0.2, 0) is 11.3 Å². The molecule has 26 heavy (non-hydrogen) atoms. The molecular formula is C17H15F3N2O3S. The van der Waals surface area contributed by atoms with Crippen molar-refractivity contribution >= 4 is 17.7 Å². The maximum Gasteiger partial charge on any atom is 0.573 e. The van der Waals surface area contributed by atoms with Gasteiger partial charge in [0.1, 0.15) is 11.1 Å². The lowest BCUT2D eigenvalue weighted by Gasteiger charge is -2.25. The Balaban J connectivity index is 1.78. The van der Waals surface area contributed by atoms with Crippen LogP contribution in [0.1, 0.15) is 16.5 Å². The standard InChI is InChI=1S/C17H15F3N2O3S/c1-24-15-13(3-2-8-21-15)16-22(14(23)10-26-16)9-11-4-6-12(7-5-11)25-17(18,19)20/h2-8,16H,9-10H2,1H3. The number of rotatable bonds is 5. The number of ether oxygens (including phenoxy) is 2. The fourth-order valence-corrected chi connectivity index (χ4v) is 3.83. The monoisotopic (exact) mass is 384 g/mol. The van der Waals surface area contributed by atoms with Gasteiger partial charge in [-0.15, -0.1) is 24.9 Å². The van der Waals surface area contributed by atoms with Crippen molar-refractivity contribution in [2.45, 2.75) is 18.3 Å². The van der Waals surface area contributed by atoms with Crippen LogP contribution in [0.15, 0.2) is 42.6 Å². The summed E-state index contributed by atoms with van der Waals surface area (Å²) in [4.78, 5) is 18.1. The molecule has 5 nitrogen and oxygen atoms in total. The molecule has 0 spiro atoms. The summed E-state index contributed by atoms with van der Waals surface area (Å²) < 4.78 is 45.8. The van der Waals surface area contributed by atoms with Crippen LogP contribution in [0.4, 0.5) is 13.2 Å². The second kappa shape index (κ2) is 7.45. The molecule has 1 saturated heterocycles. The number of carbonyl (C=O) groups excluding carboxylic acids is 1. The van der Waals surface area contributed by atoms with Gasteiger partial charge in [-0.25, -0.2) is 4.98 Å². The van der Waals surface area contributed by atoms with Crippen molar-refractivity contribution in [3.8, 4) is 11.6 Å². The molecule has 1 amide bonds.